The number of fused-ring (bicyclic) bond motifs is 3. The molecular formula is C24H25N3O4. The van der Waals surface area contributed by atoms with E-state index < -0.39 is 0 Å². The van der Waals surface area contributed by atoms with Crippen LogP contribution in [0.4, 0.5) is 0 Å². The molecule has 0 atom stereocenters. The van der Waals surface area contributed by atoms with E-state index in [1.807, 2.05) is 42.2 Å². The van der Waals surface area contributed by atoms with Gasteiger partial charge >= 0.3 is 0 Å². The average molecular weight is 419 g/mol. The van der Waals surface area contributed by atoms with Crippen molar-refractivity contribution in [3.05, 3.63) is 68.5 Å². The van der Waals surface area contributed by atoms with Gasteiger partial charge in [-0.05, 0) is 48.7 Å². The molecule has 31 heavy (non-hydrogen) atoms. The number of hydrogen-bond acceptors (Lipinski definition) is 5. The molecule has 0 fully saturated rings. The Bertz CT molecular complexity index is 1250. The fraction of sp³-hybridized carbons (Fsp3) is 0.333. The zero-order chi connectivity index (χ0) is 21.5. The molecule has 0 aliphatic carbocycles. The fourth-order valence-electron chi connectivity index (χ4n) is 4.29. The van der Waals surface area contributed by atoms with Gasteiger partial charge in [-0.25, -0.2) is 0 Å². The Morgan fingerprint density at radius 3 is 2.87 bits per heavy atom. The number of rotatable bonds is 4. The first kappa shape index (κ1) is 19.6. The van der Waals surface area contributed by atoms with Crippen LogP contribution in [-0.2, 0) is 24.3 Å². The van der Waals surface area contributed by atoms with Crippen LogP contribution in [0.1, 0.15) is 27.9 Å². The number of ether oxygens (including phenoxy) is 2. The Hall–Kier alpha value is -3.32. The molecule has 2 aliphatic heterocycles. The number of amides is 1. The molecule has 7 nitrogen and oxygen atoms in total. The van der Waals surface area contributed by atoms with Gasteiger partial charge in [0.1, 0.15) is 0 Å². The Kier molecular flexibility index (Phi) is 4.90. The summed E-state index contributed by atoms with van der Waals surface area (Å²) < 4.78 is 10.7. The summed E-state index contributed by atoms with van der Waals surface area (Å²) >= 11 is 0. The van der Waals surface area contributed by atoms with Crippen LogP contribution in [0.25, 0.3) is 10.9 Å². The van der Waals surface area contributed by atoms with Crippen LogP contribution in [0.5, 0.6) is 11.5 Å². The van der Waals surface area contributed by atoms with E-state index in [4.69, 9.17) is 9.47 Å². The number of aromatic nitrogens is 1. The van der Waals surface area contributed by atoms with Crippen LogP contribution < -0.4 is 20.2 Å². The van der Waals surface area contributed by atoms with Crippen LogP contribution in [-0.4, -0.2) is 35.7 Å². The number of hydrogen-bond donors (Lipinski definition) is 2. The third-order valence-electron chi connectivity index (χ3n) is 6.25. The second kappa shape index (κ2) is 7.74. The molecule has 1 aromatic heterocycles. The number of carbonyl (C=O) groups excluding carboxylic acids is 1. The third kappa shape index (κ3) is 3.65. The lowest BCUT2D eigenvalue weighted by Gasteiger charge is -2.28. The standard InChI is InChI=1S/C24H25N3O4/c1-14-3-5-17-23(15(14)2)26-19-7-8-27(11-18(19)24(17)29)12-22(28)25-10-16-4-6-20-21(9-16)31-13-30-20/h3-6,9H,7-8,10-13H2,1-2H3,(H,25,28)(H,26,29). The number of aryl methyl sites for hydroxylation is 2. The van der Waals surface area contributed by atoms with Crippen molar-refractivity contribution in [1.82, 2.24) is 15.2 Å². The van der Waals surface area contributed by atoms with Gasteiger partial charge in [0.05, 0.1) is 12.1 Å². The number of H-pyrrole nitrogens is 1. The van der Waals surface area contributed by atoms with Crippen LogP contribution in [0.2, 0.25) is 0 Å². The summed E-state index contributed by atoms with van der Waals surface area (Å²) in [7, 11) is 0. The summed E-state index contributed by atoms with van der Waals surface area (Å²) in [6.07, 6.45) is 0.726. The first-order valence-electron chi connectivity index (χ1n) is 10.5. The lowest BCUT2D eigenvalue weighted by molar-refractivity contribution is -0.122. The number of nitrogens with one attached hydrogen (secondary N) is 2. The molecule has 2 aromatic carbocycles. The molecule has 160 valence electrons. The second-order valence-electron chi connectivity index (χ2n) is 8.27. The molecule has 0 bridgehead atoms. The highest BCUT2D eigenvalue weighted by Gasteiger charge is 2.23. The van der Waals surface area contributed by atoms with Crippen molar-refractivity contribution in [2.24, 2.45) is 0 Å². The smallest absolute Gasteiger partial charge is 0.234 e. The largest absolute Gasteiger partial charge is 0.454 e. The summed E-state index contributed by atoms with van der Waals surface area (Å²) in [6, 6.07) is 9.54. The zero-order valence-electron chi connectivity index (χ0n) is 17.7. The highest BCUT2D eigenvalue weighted by atomic mass is 16.7. The third-order valence-corrected chi connectivity index (χ3v) is 6.25. The van der Waals surface area contributed by atoms with E-state index in [9.17, 15) is 9.59 Å². The van der Waals surface area contributed by atoms with E-state index in [-0.39, 0.29) is 24.7 Å². The maximum atomic E-state index is 13.1. The molecule has 2 N–H and O–H groups in total. The van der Waals surface area contributed by atoms with Gasteiger partial charge in [-0.3, -0.25) is 14.5 Å². The lowest BCUT2D eigenvalue weighted by Crippen LogP contribution is -2.41. The summed E-state index contributed by atoms with van der Waals surface area (Å²) in [5.41, 5.74) is 5.99. The first-order chi connectivity index (χ1) is 15.0. The number of benzene rings is 2. The quantitative estimate of drug-likeness (QED) is 0.679. The van der Waals surface area contributed by atoms with Crippen molar-refractivity contribution >= 4 is 16.8 Å². The van der Waals surface area contributed by atoms with E-state index in [0.29, 0.717) is 18.8 Å². The Morgan fingerprint density at radius 2 is 2.00 bits per heavy atom. The summed E-state index contributed by atoms with van der Waals surface area (Å²) in [5, 5.41) is 3.67. The first-order valence-corrected chi connectivity index (χ1v) is 10.5. The van der Waals surface area contributed by atoms with Gasteiger partial charge in [-0.15, -0.1) is 0 Å². The zero-order valence-corrected chi connectivity index (χ0v) is 17.7. The average Bonchev–Trinajstić information content (AvgIpc) is 3.24. The van der Waals surface area contributed by atoms with E-state index >= 15 is 0 Å². The van der Waals surface area contributed by atoms with Crippen molar-refractivity contribution in [3.8, 4) is 11.5 Å². The minimum atomic E-state index is -0.0650. The molecule has 0 spiro atoms. The normalized spacial score (nSPS) is 15.2. The van der Waals surface area contributed by atoms with Crippen LogP contribution >= 0.6 is 0 Å². The molecule has 1 amide bonds. The minimum Gasteiger partial charge on any atom is -0.454 e. The monoisotopic (exact) mass is 419 g/mol. The van der Waals surface area contributed by atoms with Crippen molar-refractivity contribution < 1.29 is 14.3 Å². The van der Waals surface area contributed by atoms with Crippen molar-refractivity contribution in [3.63, 3.8) is 0 Å². The van der Waals surface area contributed by atoms with Crippen LogP contribution in [0.15, 0.2) is 35.1 Å². The van der Waals surface area contributed by atoms with Gasteiger partial charge in [-0.1, -0.05) is 12.1 Å². The highest BCUT2D eigenvalue weighted by molar-refractivity contribution is 5.83. The van der Waals surface area contributed by atoms with Crippen LogP contribution in [0, 0.1) is 13.8 Å². The topological polar surface area (TPSA) is 83.7 Å². The van der Waals surface area contributed by atoms with Gasteiger partial charge in [0, 0.05) is 42.7 Å². The lowest BCUT2D eigenvalue weighted by atomic mass is 9.99. The minimum absolute atomic E-state index is 0.0650. The number of nitrogens with zero attached hydrogens (tertiary/aromatic N) is 1. The molecule has 0 saturated carbocycles. The SMILES string of the molecule is Cc1ccc2c(=O)c3c([nH]c2c1C)CCN(CC(=O)NCc1ccc2c(c1)OCO2)C3. The molecule has 3 heterocycles. The van der Waals surface area contributed by atoms with Gasteiger partial charge < -0.3 is 19.8 Å². The molecule has 5 rings (SSSR count). The molecule has 2 aliphatic rings. The predicted octanol–water partition coefficient (Wildman–Crippen LogP) is 2.55. The van der Waals surface area contributed by atoms with E-state index in [2.05, 4.69) is 17.2 Å². The van der Waals surface area contributed by atoms with Crippen molar-refractivity contribution in [1.29, 1.82) is 0 Å². The van der Waals surface area contributed by atoms with Gasteiger partial charge in [-0.2, -0.15) is 0 Å². The van der Waals surface area contributed by atoms with E-state index in [1.54, 1.807) is 0 Å². The second-order valence-corrected chi connectivity index (χ2v) is 8.27. The van der Waals surface area contributed by atoms with E-state index in [0.717, 1.165) is 52.0 Å². The molecule has 0 radical (unpaired) electrons. The van der Waals surface area contributed by atoms with Gasteiger partial charge in [0.25, 0.3) is 0 Å². The highest BCUT2D eigenvalue weighted by Crippen LogP contribution is 2.32. The molecule has 7 heteroatoms. The maximum absolute atomic E-state index is 13.1. The number of aromatic amines is 1. The van der Waals surface area contributed by atoms with Crippen molar-refractivity contribution in [2.45, 2.75) is 33.4 Å². The molecule has 3 aromatic rings. The molecular weight excluding hydrogens is 394 g/mol. The molecule has 0 unspecified atom stereocenters. The number of carbonyl (C=O) groups is 1. The number of pyridine rings is 1. The van der Waals surface area contributed by atoms with E-state index in [1.165, 1.54) is 5.56 Å². The van der Waals surface area contributed by atoms with Crippen molar-refractivity contribution in [2.75, 3.05) is 19.9 Å². The maximum Gasteiger partial charge on any atom is 0.234 e. The van der Waals surface area contributed by atoms with Gasteiger partial charge in [0.2, 0.25) is 12.7 Å². The molecule has 0 saturated heterocycles. The predicted molar refractivity (Wildman–Crippen MR) is 117 cm³/mol. The van der Waals surface area contributed by atoms with Crippen LogP contribution in [0.3, 0.4) is 0 Å². The fourth-order valence-corrected chi connectivity index (χ4v) is 4.29. The summed E-state index contributed by atoms with van der Waals surface area (Å²) in [4.78, 5) is 31.1. The summed E-state index contributed by atoms with van der Waals surface area (Å²) in [6.45, 7) is 6.21. The Labute approximate surface area is 180 Å². The summed E-state index contributed by atoms with van der Waals surface area (Å²) in [5.74, 6) is 1.37. The van der Waals surface area contributed by atoms with Gasteiger partial charge in [0.15, 0.2) is 16.9 Å². The Balaban J connectivity index is 1.26. The Morgan fingerprint density at radius 1 is 1.16 bits per heavy atom.